The summed E-state index contributed by atoms with van der Waals surface area (Å²) in [6, 6.07) is 12.3. The number of fused-ring (bicyclic) bond motifs is 1. The third-order valence-corrected chi connectivity index (χ3v) is 7.78. The molecular weight excluding hydrogens is 598 g/mol. The van der Waals surface area contributed by atoms with Gasteiger partial charge in [-0.15, -0.1) is 0 Å². The number of carbonyl (C=O) groups excluding carboxylic acids is 4. The van der Waals surface area contributed by atoms with E-state index in [1.807, 2.05) is 24.3 Å². The molecule has 0 bridgehead atoms. The van der Waals surface area contributed by atoms with Gasteiger partial charge in [-0.3, -0.25) is 19.2 Å². The highest BCUT2D eigenvalue weighted by Gasteiger charge is 2.42. The minimum Gasteiger partial charge on any atom is -0.388 e. The van der Waals surface area contributed by atoms with E-state index >= 15 is 0 Å². The maximum absolute atomic E-state index is 12.8. The summed E-state index contributed by atoms with van der Waals surface area (Å²) in [5.41, 5.74) is 2.55. The van der Waals surface area contributed by atoms with Crippen molar-refractivity contribution in [3.05, 3.63) is 71.9 Å². The number of aryl methyl sites for hydroxylation is 2. The van der Waals surface area contributed by atoms with Gasteiger partial charge in [0.05, 0.1) is 17.5 Å². The minimum atomic E-state index is -1.53. The van der Waals surface area contributed by atoms with E-state index in [2.05, 4.69) is 26.3 Å². The summed E-state index contributed by atoms with van der Waals surface area (Å²) in [7, 11) is 3.29. The SMILES string of the molecule is C[C@@H]1O[C@H](NC(=O)c2cc(NC(=O)CCCNC(=O)c3cc(NC(=O)c4cc5ccccc5[nH]4)cn3C)cn2C)[C@@H](O)[C@H](O)[C@@H]1O. The van der Waals surface area contributed by atoms with Gasteiger partial charge in [-0.05, 0) is 37.6 Å². The number of ether oxygens (including phenoxy) is 1. The quantitative estimate of drug-likeness (QED) is 0.117. The van der Waals surface area contributed by atoms with Crippen molar-refractivity contribution in [1.82, 2.24) is 24.8 Å². The molecule has 8 N–H and O–H groups in total. The smallest absolute Gasteiger partial charge is 0.272 e. The van der Waals surface area contributed by atoms with Crippen molar-refractivity contribution in [3.63, 3.8) is 0 Å². The lowest BCUT2D eigenvalue weighted by molar-refractivity contribution is -0.221. The predicted molar refractivity (Wildman–Crippen MR) is 167 cm³/mol. The Bertz CT molecular complexity index is 1720. The van der Waals surface area contributed by atoms with Crippen LogP contribution >= 0.6 is 0 Å². The summed E-state index contributed by atoms with van der Waals surface area (Å²) >= 11 is 0. The highest BCUT2D eigenvalue weighted by molar-refractivity contribution is 6.06. The molecule has 1 aliphatic heterocycles. The topological polar surface area (TPSA) is 212 Å². The van der Waals surface area contributed by atoms with Crippen molar-refractivity contribution >= 4 is 45.9 Å². The highest BCUT2D eigenvalue weighted by Crippen LogP contribution is 2.21. The van der Waals surface area contributed by atoms with Crippen molar-refractivity contribution < 1.29 is 39.2 Å². The molecule has 0 unspecified atom stereocenters. The molecule has 244 valence electrons. The number of hydrogen-bond donors (Lipinski definition) is 8. The summed E-state index contributed by atoms with van der Waals surface area (Å²) in [4.78, 5) is 53.9. The Morgan fingerprint density at radius 1 is 0.848 bits per heavy atom. The number of H-pyrrole nitrogens is 1. The van der Waals surface area contributed by atoms with Crippen LogP contribution in [0, 0.1) is 0 Å². The van der Waals surface area contributed by atoms with Crippen LogP contribution in [0.25, 0.3) is 10.9 Å². The third-order valence-electron chi connectivity index (χ3n) is 7.78. The van der Waals surface area contributed by atoms with Crippen LogP contribution in [0.4, 0.5) is 11.4 Å². The number of amides is 4. The van der Waals surface area contributed by atoms with E-state index in [1.165, 1.54) is 23.8 Å². The van der Waals surface area contributed by atoms with Crippen LogP contribution in [0.3, 0.4) is 0 Å². The van der Waals surface area contributed by atoms with E-state index < -0.39 is 36.6 Å². The Morgan fingerprint density at radius 2 is 1.50 bits per heavy atom. The molecule has 0 aliphatic carbocycles. The molecule has 0 radical (unpaired) electrons. The monoisotopic (exact) mass is 635 g/mol. The van der Waals surface area contributed by atoms with Gasteiger partial charge in [0.15, 0.2) is 6.23 Å². The van der Waals surface area contributed by atoms with E-state index in [9.17, 15) is 34.5 Å². The number of para-hydroxylation sites is 1. The second-order valence-electron chi connectivity index (χ2n) is 11.3. The maximum Gasteiger partial charge on any atom is 0.272 e. The van der Waals surface area contributed by atoms with E-state index in [4.69, 9.17) is 4.74 Å². The molecule has 5 atom stereocenters. The molecule has 4 aromatic rings. The Hall–Kier alpha value is -4.96. The maximum atomic E-state index is 12.8. The van der Waals surface area contributed by atoms with Crippen molar-refractivity contribution in [2.75, 3.05) is 17.2 Å². The van der Waals surface area contributed by atoms with Crippen LogP contribution in [-0.4, -0.2) is 90.3 Å². The van der Waals surface area contributed by atoms with Crippen LogP contribution in [0.5, 0.6) is 0 Å². The molecule has 1 saturated heterocycles. The number of anilines is 2. The zero-order valence-electron chi connectivity index (χ0n) is 25.5. The normalized spacial score (nSPS) is 21.1. The lowest BCUT2D eigenvalue weighted by Crippen LogP contribution is -2.61. The summed E-state index contributed by atoms with van der Waals surface area (Å²) < 4.78 is 8.49. The molecule has 1 aliphatic rings. The molecule has 1 fully saturated rings. The van der Waals surface area contributed by atoms with Crippen molar-refractivity contribution in [3.8, 4) is 0 Å². The van der Waals surface area contributed by atoms with Crippen molar-refractivity contribution in [2.45, 2.75) is 50.4 Å². The average Bonchev–Trinajstić information content (AvgIpc) is 3.72. The number of aliphatic hydroxyl groups excluding tert-OH is 3. The fraction of sp³-hybridized carbons (Fsp3) is 0.355. The number of carbonyl (C=O) groups is 4. The number of nitrogens with one attached hydrogen (secondary N) is 5. The Labute approximate surface area is 263 Å². The number of hydrogen-bond acceptors (Lipinski definition) is 8. The number of aromatic amines is 1. The number of nitrogens with zero attached hydrogens (tertiary/aromatic N) is 2. The van der Waals surface area contributed by atoms with Crippen LogP contribution in [0.1, 0.15) is 51.2 Å². The van der Waals surface area contributed by atoms with Gasteiger partial charge in [-0.25, -0.2) is 0 Å². The van der Waals surface area contributed by atoms with Gasteiger partial charge in [0.2, 0.25) is 5.91 Å². The van der Waals surface area contributed by atoms with Crippen LogP contribution in [-0.2, 0) is 23.6 Å². The summed E-state index contributed by atoms with van der Waals surface area (Å²) in [6.45, 7) is 1.73. The number of benzene rings is 1. The standard InChI is InChI=1S/C31H37N7O8/c1-16-25(40)26(41)27(42)31(46-16)36-30(45)23-12-18(14-38(23)3)33-24(39)9-6-10-32-29(44)22-13-19(15-37(22)2)34-28(43)21-11-17-7-4-5-8-20(17)35-21/h4-5,7-8,11-16,25-27,31,35,40-42H,6,9-10H2,1-3H3,(H,32,44)(H,33,39)(H,34,43)(H,36,45)/t16-,25+,26+,27-,31-/m0/s1. The van der Waals surface area contributed by atoms with Gasteiger partial charge in [0.25, 0.3) is 17.7 Å². The summed E-state index contributed by atoms with van der Waals surface area (Å²) in [5, 5.41) is 41.7. The highest BCUT2D eigenvalue weighted by atomic mass is 16.5. The van der Waals surface area contributed by atoms with Crippen LogP contribution in [0.15, 0.2) is 54.9 Å². The predicted octanol–water partition coefficient (Wildman–Crippen LogP) is 0.803. The van der Waals surface area contributed by atoms with Gasteiger partial charge in [-0.2, -0.15) is 0 Å². The van der Waals surface area contributed by atoms with Gasteiger partial charge in [0, 0.05) is 50.4 Å². The molecule has 15 nitrogen and oxygen atoms in total. The fourth-order valence-electron chi connectivity index (χ4n) is 5.25. The lowest BCUT2D eigenvalue weighted by atomic mass is 9.99. The van der Waals surface area contributed by atoms with E-state index in [0.29, 0.717) is 29.2 Å². The van der Waals surface area contributed by atoms with E-state index in [1.54, 1.807) is 37.0 Å². The molecule has 3 aromatic heterocycles. The molecule has 4 heterocycles. The van der Waals surface area contributed by atoms with Crippen LogP contribution in [0.2, 0.25) is 0 Å². The van der Waals surface area contributed by atoms with Gasteiger partial charge < -0.3 is 55.4 Å². The first kappa shape index (κ1) is 32.4. The van der Waals surface area contributed by atoms with Crippen molar-refractivity contribution in [1.29, 1.82) is 0 Å². The summed E-state index contributed by atoms with van der Waals surface area (Å²) in [6.07, 6.45) is -2.76. The average molecular weight is 636 g/mol. The molecule has 1 aromatic carbocycles. The zero-order chi connectivity index (χ0) is 33.1. The van der Waals surface area contributed by atoms with Crippen LogP contribution < -0.4 is 21.3 Å². The number of aromatic nitrogens is 3. The van der Waals surface area contributed by atoms with Gasteiger partial charge in [0.1, 0.15) is 35.4 Å². The molecule has 0 spiro atoms. The molecular formula is C31H37N7O8. The van der Waals surface area contributed by atoms with E-state index in [0.717, 1.165) is 10.9 Å². The Balaban J connectivity index is 1.06. The van der Waals surface area contributed by atoms with Gasteiger partial charge >= 0.3 is 0 Å². The molecule has 4 amide bonds. The molecule has 0 saturated carbocycles. The largest absolute Gasteiger partial charge is 0.388 e. The first-order valence-electron chi connectivity index (χ1n) is 14.7. The minimum absolute atomic E-state index is 0.0931. The fourth-order valence-corrected chi connectivity index (χ4v) is 5.25. The van der Waals surface area contributed by atoms with Crippen molar-refractivity contribution in [2.24, 2.45) is 14.1 Å². The first-order valence-corrected chi connectivity index (χ1v) is 14.7. The second-order valence-corrected chi connectivity index (χ2v) is 11.3. The molecule has 46 heavy (non-hydrogen) atoms. The summed E-state index contributed by atoms with van der Waals surface area (Å²) in [5.74, 6) is -1.65. The van der Waals surface area contributed by atoms with Gasteiger partial charge in [-0.1, -0.05) is 18.2 Å². The molecule has 5 rings (SSSR count). The number of aliphatic hydroxyl groups is 3. The second kappa shape index (κ2) is 13.6. The zero-order valence-corrected chi connectivity index (χ0v) is 25.5. The third kappa shape index (κ3) is 7.13. The first-order chi connectivity index (χ1) is 21.9. The Morgan fingerprint density at radius 3 is 2.20 bits per heavy atom. The number of rotatable bonds is 10. The Kier molecular flexibility index (Phi) is 9.57. The van der Waals surface area contributed by atoms with E-state index in [-0.39, 0.29) is 36.4 Å². The molecule has 15 heteroatoms. The lowest BCUT2D eigenvalue weighted by Gasteiger charge is -2.39.